The number of hydrogen-bond donors (Lipinski definition) is 2. The van der Waals surface area contributed by atoms with Crippen molar-refractivity contribution in [1.29, 1.82) is 0 Å². The van der Waals surface area contributed by atoms with E-state index in [4.69, 9.17) is 23.7 Å². The van der Waals surface area contributed by atoms with E-state index in [1.165, 1.54) is 35.4 Å². The van der Waals surface area contributed by atoms with E-state index in [0.29, 0.717) is 84.6 Å². The minimum absolute atomic E-state index is 0.0612. The molecule has 344 valence electrons. The van der Waals surface area contributed by atoms with Gasteiger partial charge in [-0.05, 0) is 86.9 Å². The number of anilines is 1. The number of methoxy groups -OCH3 is 4. The van der Waals surface area contributed by atoms with Gasteiger partial charge in [0.05, 0.1) is 40.0 Å². The van der Waals surface area contributed by atoms with Gasteiger partial charge in [0.25, 0.3) is 0 Å². The third kappa shape index (κ3) is 5.89. The predicted octanol–water partition coefficient (Wildman–Crippen LogP) is 4.91. The lowest BCUT2D eigenvalue weighted by molar-refractivity contribution is -0.228. The Kier molecular flexibility index (Phi) is 10.5. The maximum absolute atomic E-state index is 15.5. The average molecular weight is 889 g/mol. The second-order valence-corrected chi connectivity index (χ2v) is 19.0. The summed E-state index contributed by atoms with van der Waals surface area (Å²) in [5.41, 5.74) is -2.19. The topological polar surface area (TPSA) is 160 Å². The molecule has 6 aliphatic rings. The summed E-state index contributed by atoms with van der Waals surface area (Å²) in [5, 5.41) is 14.0. The summed E-state index contributed by atoms with van der Waals surface area (Å²) in [6, 6.07) is 7.53. The van der Waals surface area contributed by atoms with E-state index in [0.717, 1.165) is 18.1 Å². The van der Waals surface area contributed by atoms with Crippen molar-refractivity contribution in [1.82, 2.24) is 14.8 Å². The number of rotatable bonds is 8. The van der Waals surface area contributed by atoms with Gasteiger partial charge in [0.15, 0.2) is 6.10 Å². The van der Waals surface area contributed by atoms with E-state index in [-0.39, 0.29) is 19.4 Å². The molecule has 2 saturated heterocycles. The van der Waals surface area contributed by atoms with Crippen LogP contribution in [0.4, 0.5) is 14.5 Å². The van der Waals surface area contributed by atoms with Crippen LogP contribution in [-0.2, 0) is 50.6 Å². The maximum Gasteiger partial charge on any atom is 0.344 e. The fourth-order valence-electron chi connectivity index (χ4n) is 13.7. The highest BCUT2D eigenvalue weighted by Crippen LogP contribution is 2.68. The molecule has 0 radical (unpaired) electrons. The third-order valence-electron chi connectivity index (χ3n) is 16.1. The van der Waals surface area contributed by atoms with Crippen molar-refractivity contribution in [2.24, 2.45) is 17.3 Å². The number of fused-ring (bicyclic) bond motifs is 6. The van der Waals surface area contributed by atoms with Gasteiger partial charge < -0.3 is 43.6 Å². The number of esters is 4. The molecule has 14 nitrogen and oxygen atoms in total. The highest BCUT2D eigenvalue weighted by molar-refractivity contribution is 5.99. The molecule has 6 heterocycles. The van der Waals surface area contributed by atoms with Crippen LogP contribution in [0.15, 0.2) is 42.5 Å². The summed E-state index contributed by atoms with van der Waals surface area (Å²) < 4.78 is 59.8. The molecule has 5 aliphatic heterocycles. The van der Waals surface area contributed by atoms with Gasteiger partial charge in [-0.2, -0.15) is 0 Å². The molecule has 2 bridgehead atoms. The zero-order valence-electron chi connectivity index (χ0n) is 37.7. The number of benzene rings is 2. The van der Waals surface area contributed by atoms with E-state index in [2.05, 4.69) is 14.8 Å². The molecular formula is C48H58F2N4O10. The SMILES string of the molecule is CC[C@]12C=CCN3CC[C@@]4(c5cc([C@@]6(C(=O)OC)C[C@@H]7C[C@@H](C(C)(F)F)C[N@](CCc8c6[nH]c6ccc(C(=O)OC)cc86)C7)c(OC)cc5N(C)[C@H]4[C@@](O)(C(=O)OC)[C@@H]1OC(C)=O)[C@@H]32. The third-order valence-corrected chi connectivity index (χ3v) is 16.1. The number of ether oxygens (including phenoxy) is 5. The van der Waals surface area contributed by atoms with Gasteiger partial charge >= 0.3 is 23.9 Å². The summed E-state index contributed by atoms with van der Waals surface area (Å²) >= 11 is 0. The number of carbonyl (C=O) groups is 4. The van der Waals surface area contributed by atoms with E-state index >= 15 is 13.6 Å². The zero-order chi connectivity index (χ0) is 45.9. The number of aliphatic hydroxyl groups is 1. The van der Waals surface area contributed by atoms with Gasteiger partial charge in [0, 0.05) is 96.9 Å². The Morgan fingerprint density at radius 3 is 2.38 bits per heavy atom. The molecule has 1 aromatic heterocycles. The summed E-state index contributed by atoms with van der Waals surface area (Å²) in [4.78, 5) is 65.7. The first-order valence-electron chi connectivity index (χ1n) is 22.2. The Morgan fingerprint density at radius 2 is 1.72 bits per heavy atom. The van der Waals surface area contributed by atoms with Crippen LogP contribution >= 0.6 is 0 Å². The number of carbonyl (C=O) groups excluding carboxylic acids is 4. The van der Waals surface area contributed by atoms with Crippen molar-refractivity contribution >= 4 is 40.5 Å². The zero-order valence-corrected chi connectivity index (χ0v) is 37.7. The first-order valence-corrected chi connectivity index (χ1v) is 22.2. The number of alkyl halides is 2. The van der Waals surface area contributed by atoms with Gasteiger partial charge in [-0.3, -0.25) is 14.5 Å². The van der Waals surface area contributed by atoms with E-state index < -0.39 is 81.7 Å². The number of piperidine rings is 1. The highest BCUT2D eigenvalue weighted by atomic mass is 19.3. The van der Waals surface area contributed by atoms with Crippen molar-refractivity contribution < 1.29 is 56.7 Å². The molecule has 9 rings (SSSR count). The second kappa shape index (κ2) is 15.3. The smallest absolute Gasteiger partial charge is 0.344 e. The van der Waals surface area contributed by atoms with E-state index in [1.54, 1.807) is 25.2 Å². The van der Waals surface area contributed by atoms with Crippen molar-refractivity contribution in [2.75, 3.05) is 73.1 Å². The molecule has 0 amide bonds. The number of H-pyrrole nitrogens is 1. The molecule has 1 spiro atoms. The lowest BCUT2D eigenvalue weighted by Gasteiger charge is -2.63. The van der Waals surface area contributed by atoms with Crippen molar-refractivity contribution in [3.63, 3.8) is 0 Å². The van der Waals surface area contributed by atoms with Crippen LogP contribution in [0.3, 0.4) is 0 Å². The first-order chi connectivity index (χ1) is 30.4. The van der Waals surface area contributed by atoms with Crippen LogP contribution in [0.1, 0.15) is 79.2 Å². The minimum Gasteiger partial charge on any atom is -0.496 e. The largest absolute Gasteiger partial charge is 0.496 e. The predicted molar refractivity (Wildman–Crippen MR) is 231 cm³/mol. The van der Waals surface area contributed by atoms with Gasteiger partial charge in [-0.1, -0.05) is 19.1 Å². The van der Waals surface area contributed by atoms with Crippen molar-refractivity contribution in [3.8, 4) is 5.75 Å². The summed E-state index contributed by atoms with van der Waals surface area (Å²) in [5.74, 6) is -6.86. The van der Waals surface area contributed by atoms with Gasteiger partial charge in [-0.15, -0.1) is 0 Å². The molecule has 16 heteroatoms. The number of aromatic nitrogens is 1. The van der Waals surface area contributed by atoms with Crippen molar-refractivity contribution in [2.45, 2.75) is 93.4 Å². The van der Waals surface area contributed by atoms with Gasteiger partial charge in [-0.25, -0.2) is 18.4 Å². The number of nitrogens with one attached hydrogen (secondary N) is 1. The quantitative estimate of drug-likeness (QED) is 0.179. The fourth-order valence-corrected chi connectivity index (χ4v) is 13.7. The molecule has 1 aliphatic carbocycles. The molecule has 3 fully saturated rings. The van der Waals surface area contributed by atoms with Crippen LogP contribution in [0, 0.1) is 17.3 Å². The van der Waals surface area contributed by atoms with Crippen LogP contribution in [0.25, 0.3) is 10.9 Å². The monoisotopic (exact) mass is 888 g/mol. The molecule has 10 atom stereocenters. The summed E-state index contributed by atoms with van der Waals surface area (Å²) in [7, 11) is 7.13. The molecule has 3 aromatic rings. The fraction of sp³-hybridized carbons (Fsp3) is 0.583. The van der Waals surface area contributed by atoms with Crippen LogP contribution in [-0.4, -0.2) is 142 Å². The Morgan fingerprint density at radius 1 is 0.969 bits per heavy atom. The number of nitrogens with zero attached hydrogens (tertiary/aromatic N) is 3. The van der Waals surface area contributed by atoms with Crippen molar-refractivity contribution in [3.05, 3.63) is 70.4 Å². The molecule has 64 heavy (non-hydrogen) atoms. The highest BCUT2D eigenvalue weighted by Gasteiger charge is 2.80. The van der Waals surface area contributed by atoms with Crippen LogP contribution in [0.5, 0.6) is 5.75 Å². The Labute approximate surface area is 371 Å². The molecular weight excluding hydrogens is 831 g/mol. The molecule has 0 unspecified atom stereocenters. The van der Waals surface area contributed by atoms with Gasteiger partial charge in [0.1, 0.15) is 11.2 Å². The first kappa shape index (κ1) is 44.2. The average Bonchev–Trinajstić information content (AvgIpc) is 3.94. The standard InChI is InChI=1S/C48H58F2N4O10/c1-9-45-14-10-16-54-18-15-46(39(45)54)32-21-33(36(60-5)22-35(32)52(4)40(46)48(59,43(58)63-8)41(45)64-26(2)55)47(42(57)62-7)23-27-19-29(44(3,49)50)25-53(24-27)17-13-30-31-20-28(38(56)61-6)11-12-34(31)51-37(30)47/h10-12,14,20-22,27,29,39-41,51,59H,9,13,15-19,23-25H2,1-8H3/t27-,29+,39-,40+,41+,45+,46+,47-,48-/m0/s1. The molecule has 2 N–H and O–H groups in total. The normalized spacial score (nSPS) is 34.0. The number of aromatic amines is 1. The lowest BCUT2D eigenvalue weighted by Crippen LogP contribution is -2.81. The number of hydrogen-bond acceptors (Lipinski definition) is 13. The molecule has 1 saturated carbocycles. The number of halogens is 2. The summed E-state index contributed by atoms with van der Waals surface area (Å²) in [6.07, 6.45) is 4.07. The van der Waals surface area contributed by atoms with Gasteiger partial charge in [0.2, 0.25) is 11.5 Å². The van der Waals surface area contributed by atoms with Crippen LogP contribution < -0.4 is 9.64 Å². The second-order valence-electron chi connectivity index (χ2n) is 19.0. The van der Waals surface area contributed by atoms with Crippen LogP contribution in [0.2, 0.25) is 0 Å². The Bertz CT molecular complexity index is 2470. The van der Waals surface area contributed by atoms with E-state index in [9.17, 15) is 19.5 Å². The lowest BCUT2D eigenvalue weighted by atomic mass is 9.47. The Balaban J connectivity index is 1.36. The molecule has 2 aromatic carbocycles. The minimum atomic E-state index is -2.99. The summed E-state index contributed by atoms with van der Waals surface area (Å²) in [6.45, 7) is 6.38. The Hall–Kier alpha value is -5.06. The number of likely N-dealkylation sites (N-methyl/N-ethyl adjacent to an activating group) is 1. The maximum atomic E-state index is 15.5. The van der Waals surface area contributed by atoms with E-state index in [1.807, 2.05) is 36.1 Å².